The Kier molecular flexibility index (Phi) is 5.39. The third kappa shape index (κ3) is 3.60. The number of hydrogen-bond acceptors (Lipinski definition) is 3. The summed E-state index contributed by atoms with van der Waals surface area (Å²) in [6, 6.07) is 5.36. The summed E-state index contributed by atoms with van der Waals surface area (Å²) in [6.07, 6.45) is 3.52. The van der Waals surface area contributed by atoms with Crippen molar-refractivity contribution in [2.45, 2.75) is 27.2 Å². The number of allylic oxidation sites excluding steroid dienone is 4. The van der Waals surface area contributed by atoms with Gasteiger partial charge < -0.3 is 10.2 Å². The average molecular weight is 250 g/mol. The molecule has 0 saturated heterocycles. The van der Waals surface area contributed by atoms with Crippen molar-refractivity contribution in [1.82, 2.24) is 0 Å². The number of benzene rings is 1. The highest BCUT2D eigenvalue weighted by atomic mass is 19.1. The number of rotatable bonds is 5. The molecule has 1 aromatic rings. The van der Waals surface area contributed by atoms with Crippen LogP contribution in [0.15, 0.2) is 41.9 Å². The van der Waals surface area contributed by atoms with Crippen LogP contribution < -0.4 is 16.0 Å². The molecule has 1 aromatic carbocycles. The number of nitrogen functional groups attached to an aromatic ring is 1. The van der Waals surface area contributed by atoms with Crippen LogP contribution >= 0.6 is 0 Å². The first-order valence-corrected chi connectivity index (χ1v) is 5.88. The van der Waals surface area contributed by atoms with Crippen molar-refractivity contribution < 1.29 is 9.13 Å². The lowest BCUT2D eigenvalue weighted by Gasteiger charge is -2.11. The molecule has 4 heteroatoms. The van der Waals surface area contributed by atoms with Gasteiger partial charge in [-0.25, -0.2) is 4.39 Å². The minimum atomic E-state index is -0.348. The van der Waals surface area contributed by atoms with E-state index >= 15 is 0 Å². The molecule has 98 valence electrons. The molecule has 0 aliphatic carbocycles. The monoisotopic (exact) mass is 250 g/mol. The van der Waals surface area contributed by atoms with E-state index in [1.165, 1.54) is 6.08 Å². The minimum Gasteiger partial charge on any atom is -0.459 e. The highest BCUT2D eigenvalue weighted by Gasteiger charge is 2.06. The number of halogens is 1. The number of nitrogens with two attached hydrogens (primary N) is 1. The van der Waals surface area contributed by atoms with Crippen LogP contribution in [0.2, 0.25) is 0 Å². The maximum Gasteiger partial charge on any atom is 0.161 e. The molecule has 0 spiro atoms. The molecule has 0 bridgehead atoms. The summed E-state index contributed by atoms with van der Waals surface area (Å²) in [6.45, 7) is 5.51. The van der Waals surface area contributed by atoms with Crippen molar-refractivity contribution in [3.8, 4) is 5.75 Å². The van der Waals surface area contributed by atoms with Crippen LogP contribution in [0.4, 0.5) is 10.1 Å². The third-order valence-electron chi connectivity index (χ3n) is 2.49. The molecule has 18 heavy (non-hydrogen) atoms. The largest absolute Gasteiger partial charge is 0.459 e. The van der Waals surface area contributed by atoms with Crippen molar-refractivity contribution >= 4 is 5.69 Å². The van der Waals surface area contributed by atoms with Gasteiger partial charge in [0.1, 0.15) is 11.5 Å². The van der Waals surface area contributed by atoms with Gasteiger partial charge in [-0.15, -0.1) is 0 Å². The van der Waals surface area contributed by atoms with E-state index in [2.05, 4.69) is 5.43 Å². The van der Waals surface area contributed by atoms with Crippen LogP contribution in [-0.2, 0) is 0 Å². The van der Waals surface area contributed by atoms with E-state index in [0.29, 0.717) is 17.9 Å². The predicted molar refractivity (Wildman–Crippen MR) is 72.9 cm³/mol. The van der Waals surface area contributed by atoms with E-state index in [-0.39, 0.29) is 5.83 Å². The smallest absolute Gasteiger partial charge is 0.161 e. The molecule has 1 rings (SSSR count). The Morgan fingerprint density at radius 1 is 1.50 bits per heavy atom. The summed E-state index contributed by atoms with van der Waals surface area (Å²) in [7, 11) is 0. The normalized spacial score (nSPS) is 12.5. The fourth-order valence-corrected chi connectivity index (χ4v) is 1.53. The van der Waals surface area contributed by atoms with E-state index < -0.39 is 0 Å². The molecule has 0 unspecified atom stereocenters. The van der Waals surface area contributed by atoms with Gasteiger partial charge in [0.25, 0.3) is 0 Å². The zero-order chi connectivity index (χ0) is 13.5. The van der Waals surface area contributed by atoms with Gasteiger partial charge in [-0.05, 0) is 43.7 Å². The number of anilines is 1. The van der Waals surface area contributed by atoms with Gasteiger partial charge in [0.05, 0.1) is 5.69 Å². The van der Waals surface area contributed by atoms with Gasteiger partial charge >= 0.3 is 0 Å². The van der Waals surface area contributed by atoms with Crippen LogP contribution in [0.3, 0.4) is 0 Å². The van der Waals surface area contributed by atoms with Crippen LogP contribution in [-0.4, -0.2) is 0 Å². The van der Waals surface area contributed by atoms with Crippen LogP contribution in [0.5, 0.6) is 5.75 Å². The Hall–Kier alpha value is -1.81. The van der Waals surface area contributed by atoms with E-state index in [9.17, 15) is 4.39 Å². The first-order valence-electron chi connectivity index (χ1n) is 5.88. The second-order valence-corrected chi connectivity index (χ2v) is 3.85. The third-order valence-corrected chi connectivity index (χ3v) is 2.49. The summed E-state index contributed by atoms with van der Waals surface area (Å²) < 4.78 is 19.2. The molecule has 0 heterocycles. The molecule has 0 atom stereocenters. The highest BCUT2D eigenvalue weighted by molar-refractivity contribution is 5.52. The molecule has 3 nitrogen and oxygen atoms in total. The van der Waals surface area contributed by atoms with Crippen LogP contribution in [0.25, 0.3) is 0 Å². The van der Waals surface area contributed by atoms with Crippen molar-refractivity contribution in [3.05, 3.63) is 47.5 Å². The number of hydrogen-bond donors (Lipinski definition) is 2. The lowest BCUT2D eigenvalue weighted by Crippen LogP contribution is -2.08. The SMILES string of the molecule is C/C=C\C(F)=C(/CC)Oc1ccc(NN)c(C)c1. The first-order chi connectivity index (χ1) is 8.62. The summed E-state index contributed by atoms with van der Waals surface area (Å²) in [5.41, 5.74) is 4.34. The van der Waals surface area contributed by atoms with Crippen molar-refractivity contribution in [3.63, 3.8) is 0 Å². The highest BCUT2D eigenvalue weighted by Crippen LogP contribution is 2.24. The van der Waals surface area contributed by atoms with E-state index in [4.69, 9.17) is 10.6 Å². The summed E-state index contributed by atoms with van der Waals surface area (Å²) in [4.78, 5) is 0. The molecule has 0 aromatic heterocycles. The predicted octanol–water partition coefficient (Wildman–Crippen LogP) is 3.83. The molecular weight excluding hydrogens is 231 g/mol. The van der Waals surface area contributed by atoms with Crippen LogP contribution in [0, 0.1) is 6.92 Å². The fourth-order valence-electron chi connectivity index (χ4n) is 1.53. The number of nitrogens with one attached hydrogen (secondary N) is 1. The quantitative estimate of drug-likeness (QED) is 0.361. The molecule has 3 N–H and O–H groups in total. The van der Waals surface area contributed by atoms with Crippen LogP contribution in [0.1, 0.15) is 25.8 Å². The molecule has 0 saturated carbocycles. The first kappa shape index (κ1) is 14.3. The lowest BCUT2D eigenvalue weighted by atomic mass is 10.2. The molecule has 0 aliphatic rings. The van der Waals surface area contributed by atoms with Crippen molar-refractivity contribution in [2.24, 2.45) is 5.84 Å². The Morgan fingerprint density at radius 2 is 2.22 bits per heavy atom. The zero-order valence-corrected chi connectivity index (χ0v) is 11.0. The van der Waals surface area contributed by atoms with Gasteiger partial charge in [-0.1, -0.05) is 13.0 Å². The molecular formula is C14H19FN2O. The fraction of sp³-hybridized carbons (Fsp3) is 0.286. The van der Waals surface area contributed by atoms with Gasteiger partial charge in [0.15, 0.2) is 5.83 Å². The van der Waals surface area contributed by atoms with Gasteiger partial charge in [0, 0.05) is 6.42 Å². The van der Waals surface area contributed by atoms with Gasteiger partial charge in [-0.3, -0.25) is 5.84 Å². The Labute approximate surface area is 107 Å². The van der Waals surface area contributed by atoms with E-state index in [1.807, 2.05) is 19.9 Å². The van der Waals surface area contributed by atoms with Crippen molar-refractivity contribution in [2.75, 3.05) is 5.43 Å². The van der Waals surface area contributed by atoms with Crippen molar-refractivity contribution in [1.29, 1.82) is 0 Å². The Bertz CT molecular complexity index is 467. The standard InChI is InChI=1S/C14H19FN2O/c1-4-6-12(15)14(5-2)18-11-7-8-13(17-16)10(3)9-11/h4,6-9,17H,5,16H2,1-3H3/b6-4-,14-12-. The molecule has 0 amide bonds. The van der Waals surface area contributed by atoms with Gasteiger partial charge in [-0.2, -0.15) is 0 Å². The second-order valence-electron chi connectivity index (χ2n) is 3.85. The Morgan fingerprint density at radius 3 is 2.72 bits per heavy atom. The molecule has 0 aliphatic heterocycles. The van der Waals surface area contributed by atoms with E-state index in [0.717, 1.165) is 11.3 Å². The van der Waals surface area contributed by atoms with Gasteiger partial charge in [0.2, 0.25) is 0 Å². The summed E-state index contributed by atoms with van der Waals surface area (Å²) in [5.74, 6) is 5.92. The minimum absolute atomic E-state index is 0.320. The average Bonchev–Trinajstić information content (AvgIpc) is 2.36. The van der Waals surface area contributed by atoms with E-state index in [1.54, 1.807) is 25.1 Å². The topological polar surface area (TPSA) is 47.3 Å². The zero-order valence-electron chi connectivity index (χ0n) is 11.0. The number of aryl methyl sites for hydroxylation is 1. The molecule has 0 fully saturated rings. The molecule has 0 radical (unpaired) electrons. The second kappa shape index (κ2) is 6.81. The number of hydrazine groups is 1. The Balaban J connectivity index is 2.96. The maximum atomic E-state index is 13.6. The maximum absolute atomic E-state index is 13.6. The summed E-state index contributed by atoms with van der Waals surface area (Å²) in [5, 5.41) is 0. The number of ether oxygens (including phenoxy) is 1. The lowest BCUT2D eigenvalue weighted by molar-refractivity contribution is 0.385. The summed E-state index contributed by atoms with van der Waals surface area (Å²) >= 11 is 0.